The standard InChI is InChI=1S/C20H16F3N3O5/c1-25(10-16(27)24-12-4-6-13(7-5-12)31-20(21,22)23)17(28)11-3-8-14-15(9-11)19(30)26(2)18(14)29/h3-9H,10H2,1-2H3,(H,24,27). The summed E-state index contributed by atoms with van der Waals surface area (Å²) in [5.74, 6) is -2.56. The fraction of sp³-hybridized carbons (Fsp3) is 0.200. The van der Waals surface area contributed by atoms with Gasteiger partial charge >= 0.3 is 6.36 Å². The van der Waals surface area contributed by atoms with E-state index in [1.54, 1.807) is 0 Å². The van der Waals surface area contributed by atoms with Crippen molar-refractivity contribution < 1.29 is 37.1 Å². The van der Waals surface area contributed by atoms with E-state index in [2.05, 4.69) is 10.1 Å². The van der Waals surface area contributed by atoms with Gasteiger partial charge in [0.15, 0.2) is 0 Å². The smallest absolute Gasteiger partial charge is 0.406 e. The maximum atomic E-state index is 12.6. The quantitative estimate of drug-likeness (QED) is 0.729. The Labute approximate surface area is 174 Å². The molecule has 2 aromatic rings. The Morgan fingerprint density at radius 2 is 1.65 bits per heavy atom. The second kappa shape index (κ2) is 8.09. The Balaban J connectivity index is 1.62. The van der Waals surface area contributed by atoms with Gasteiger partial charge in [0.05, 0.1) is 17.7 Å². The van der Waals surface area contributed by atoms with E-state index in [9.17, 15) is 32.3 Å². The number of imide groups is 1. The molecule has 1 N–H and O–H groups in total. The normalized spacial score (nSPS) is 13.1. The minimum atomic E-state index is -4.82. The average molecular weight is 435 g/mol. The van der Waals surface area contributed by atoms with Crippen molar-refractivity contribution in [1.82, 2.24) is 9.80 Å². The molecule has 0 radical (unpaired) electrons. The highest BCUT2D eigenvalue weighted by Crippen LogP contribution is 2.25. The SMILES string of the molecule is CN(CC(=O)Nc1ccc(OC(F)(F)F)cc1)C(=O)c1ccc2c(c1)C(=O)N(C)C2=O. The fourth-order valence-electron chi connectivity index (χ4n) is 2.94. The number of hydrogen-bond donors (Lipinski definition) is 1. The highest BCUT2D eigenvalue weighted by Gasteiger charge is 2.33. The van der Waals surface area contributed by atoms with Gasteiger partial charge in [-0.3, -0.25) is 24.1 Å². The van der Waals surface area contributed by atoms with Gasteiger partial charge in [0, 0.05) is 25.3 Å². The number of nitrogens with one attached hydrogen (secondary N) is 1. The van der Waals surface area contributed by atoms with Crippen LogP contribution in [0.15, 0.2) is 42.5 Å². The van der Waals surface area contributed by atoms with Gasteiger partial charge in [-0.15, -0.1) is 13.2 Å². The van der Waals surface area contributed by atoms with E-state index in [0.717, 1.165) is 21.9 Å². The van der Waals surface area contributed by atoms with Crippen LogP contribution >= 0.6 is 0 Å². The minimum Gasteiger partial charge on any atom is -0.406 e. The summed E-state index contributed by atoms with van der Waals surface area (Å²) in [6.07, 6.45) is -4.82. The summed E-state index contributed by atoms with van der Waals surface area (Å²) in [5, 5.41) is 2.45. The van der Waals surface area contributed by atoms with Crippen molar-refractivity contribution in [2.45, 2.75) is 6.36 Å². The maximum absolute atomic E-state index is 12.6. The lowest BCUT2D eigenvalue weighted by Crippen LogP contribution is -2.35. The average Bonchev–Trinajstić information content (AvgIpc) is 2.91. The lowest BCUT2D eigenvalue weighted by atomic mass is 10.0. The number of alkyl halides is 3. The first-order chi connectivity index (χ1) is 14.5. The van der Waals surface area contributed by atoms with E-state index in [1.807, 2.05) is 0 Å². The third kappa shape index (κ3) is 4.82. The number of ether oxygens (including phenoxy) is 1. The van der Waals surface area contributed by atoms with Crippen LogP contribution < -0.4 is 10.1 Å². The molecule has 162 valence electrons. The molecule has 0 spiro atoms. The Morgan fingerprint density at radius 1 is 1.03 bits per heavy atom. The molecule has 8 nitrogen and oxygen atoms in total. The van der Waals surface area contributed by atoms with Crippen molar-refractivity contribution in [3.05, 3.63) is 59.2 Å². The number of carbonyl (C=O) groups is 4. The van der Waals surface area contributed by atoms with Gasteiger partial charge in [-0.2, -0.15) is 0 Å². The predicted octanol–water partition coefficient (Wildman–Crippen LogP) is 2.52. The molecule has 0 bridgehead atoms. The van der Waals surface area contributed by atoms with Crippen LogP contribution in [0.3, 0.4) is 0 Å². The number of rotatable bonds is 5. The Kier molecular flexibility index (Phi) is 5.69. The van der Waals surface area contributed by atoms with Crippen molar-refractivity contribution in [3.63, 3.8) is 0 Å². The molecule has 1 heterocycles. The first-order valence-electron chi connectivity index (χ1n) is 8.84. The first kappa shape index (κ1) is 21.8. The van der Waals surface area contributed by atoms with E-state index < -0.39 is 35.7 Å². The van der Waals surface area contributed by atoms with Crippen LogP contribution in [0.4, 0.5) is 18.9 Å². The summed E-state index contributed by atoms with van der Waals surface area (Å²) >= 11 is 0. The molecule has 3 rings (SSSR count). The fourth-order valence-corrected chi connectivity index (χ4v) is 2.94. The molecular weight excluding hydrogens is 419 g/mol. The van der Waals surface area contributed by atoms with Crippen molar-refractivity contribution in [2.24, 2.45) is 0 Å². The van der Waals surface area contributed by atoms with E-state index >= 15 is 0 Å². The molecule has 0 saturated carbocycles. The number of amides is 4. The van der Waals surface area contributed by atoms with Crippen molar-refractivity contribution in [1.29, 1.82) is 0 Å². The number of likely N-dealkylation sites (N-methyl/N-ethyl adjacent to an activating group) is 1. The molecule has 1 aliphatic rings. The van der Waals surface area contributed by atoms with Crippen LogP contribution in [0.5, 0.6) is 5.75 Å². The Bertz CT molecular complexity index is 1070. The predicted molar refractivity (Wildman–Crippen MR) is 102 cm³/mol. The summed E-state index contributed by atoms with van der Waals surface area (Å²) in [4.78, 5) is 50.8. The van der Waals surface area contributed by atoms with Crippen molar-refractivity contribution in [3.8, 4) is 5.75 Å². The number of carbonyl (C=O) groups excluding carboxylic acids is 4. The van der Waals surface area contributed by atoms with E-state index in [-0.39, 0.29) is 28.9 Å². The molecule has 0 atom stereocenters. The molecule has 4 amide bonds. The topological polar surface area (TPSA) is 96.0 Å². The van der Waals surface area contributed by atoms with Gasteiger partial charge in [0.1, 0.15) is 5.75 Å². The van der Waals surface area contributed by atoms with Gasteiger partial charge in [-0.1, -0.05) is 0 Å². The highest BCUT2D eigenvalue weighted by atomic mass is 19.4. The zero-order valence-electron chi connectivity index (χ0n) is 16.3. The number of hydrogen-bond acceptors (Lipinski definition) is 5. The van der Waals surface area contributed by atoms with Gasteiger partial charge < -0.3 is 15.0 Å². The molecule has 0 saturated heterocycles. The lowest BCUT2D eigenvalue weighted by molar-refractivity contribution is -0.274. The molecule has 31 heavy (non-hydrogen) atoms. The number of halogens is 3. The molecule has 0 fully saturated rings. The van der Waals surface area contributed by atoms with Crippen LogP contribution in [-0.4, -0.2) is 60.4 Å². The molecule has 1 aliphatic heterocycles. The highest BCUT2D eigenvalue weighted by molar-refractivity contribution is 6.21. The van der Waals surface area contributed by atoms with Gasteiger partial charge in [-0.25, -0.2) is 0 Å². The van der Waals surface area contributed by atoms with E-state index in [1.165, 1.54) is 44.4 Å². The summed E-state index contributed by atoms with van der Waals surface area (Å²) < 4.78 is 40.3. The Hall–Kier alpha value is -3.89. The summed E-state index contributed by atoms with van der Waals surface area (Å²) in [5.41, 5.74) is 0.643. The van der Waals surface area contributed by atoms with Gasteiger partial charge in [0.2, 0.25) is 5.91 Å². The van der Waals surface area contributed by atoms with E-state index in [4.69, 9.17) is 0 Å². The second-order valence-electron chi connectivity index (χ2n) is 6.71. The summed E-state index contributed by atoms with van der Waals surface area (Å²) in [6, 6.07) is 8.59. The second-order valence-corrected chi connectivity index (χ2v) is 6.71. The molecule has 11 heteroatoms. The van der Waals surface area contributed by atoms with Crippen LogP contribution in [0, 0.1) is 0 Å². The lowest BCUT2D eigenvalue weighted by Gasteiger charge is -2.17. The molecule has 0 aromatic heterocycles. The maximum Gasteiger partial charge on any atom is 0.573 e. The monoisotopic (exact) mass is 435 g/mol. The Morgan fingerprint density at radius 3 is 2.26 bits per heavy atom. The molecular formula is C20H16F3N3O5. The summed E-state index contributed by atoms with van der Waals surface area (Å²) in [6.45, 7) is -0.358. The van der Waals surface area contributed by atoms with Crippen LogP contribution in [0.2, 0.25) is 0 Å². The zero-order valence-corrected chi connectivity index (χ0v) is 16.3. The number of nitrogens with zero attached hydrogens (tertiary/aromatic N) is 2. The third-order valence-electron chi connectivity index (χ3n) is 4.44. The summed E-state index contributed by atoms with van der Waals surface area (Å²) in [7, 11) is 2.71. The number of benzene rings is 2. The molecule has 0 aliphatic carbocycles. The van der Waals surface area contributed by atoms with Gasteiger partial charge in [-0.05, 0) is 42.5 Å². The zero-order chi connectivity index (χ0) is 22.9. The number of anilines is 1. The van der Waals surface area contributed by atoms with Crippen LogP contribution in [0.25, 0.3) is 0 Å². The molecule has 0 unspecified atom stereocenters. The van der Waals surface area contributed by atoms with Crippen molar-refractivity contribution >= 4 is 29.3 Å². The first-order valence-corrected chi connectivity index (χ1v) is 8.84. The van der Waals surface area contributed by atoms with E-state index in [0.29, 0.717) is 0 Å². The minimum absolute atomic E-state index is 0.109. The molecule has 2 aromatic carbocycles. The third-order valence-corrected chi connectivity index (χ3v) is 4.44. The van der Waals surface area contributed by atoms with Crippen LogP contribution in [0.1, 0.15) is 31.1 Å². The van der Waals surface area contributed by atoms with Crippen LogP contribution in [-0.2, 0) is 4.79 Å². The van der Waals surface area contributed by atoms with Gasteiger partial charge in [0.25, 0.3) is 17.7 Å². The largest absolute Gasteiger partial charge is 0.573 e. The van der Waals surface area contributed by atoms with Crippen molar-refractivity contribution in [2.75, 3.05) is 26.0 Å². The number of fused-ring (bicyclic) bond motifs is 1.